The first-order valence-corrected chi connectivity index (χ1v) is 8.55. The van der Waals surface area contributed by atoms with Crippen LogP contribution in [-0.2, 0) is 23.8 Å². The Kier molecular flexibility index (Phi) is 4.88. The number of ether oxygens (including phenoxy) is 1. The van der Waals surface area contributed by atoms with E-state index >= 15 is 0 Å². The summed E-state index contributed by atoms with van der Waals surface area (Å²) < 4.78 is 7.04. The average Bonchev–Trinajstić information content (AvgIpc) is 3.05. The van der Waals surface area contributed by atoms with Crippen LogP contribution in [0.3, 0.4) is 0 Å². The zero-order chi connectivity index (χ0) is 17.0. The normalized spacial score (nSPS) is 16.6. The van der Waals surface area contributed by atoms with Gasteiger partial charge in [-0.25, -0.2) is 0 Å². The van der Waals surface area contributed by atoms with Crippen molar-refractivity contribution in [2.24, 2.45) is 7.05 Å². The first-order chi connectivity index (χ1) is 11.7. The molecule has 5 heteroatoms. The van der Waals surface area contributed by atoms with Crippen molar-refractivity contribution in [1.29, 1.82) is 0 Å². The largest absolute Gasteiger partial charge is 0.497 e. The number of rotatable bonds is 5. The number of benzene rings is 1. The average molecular weight is 327 g/mol. The molecule has 1 amide bonds. The van der Waals surface area contributed by atoms with Gasteiger partial charge in [-0.3, -0.25) is 9.48 Å². The van der Waals surface area contributed by atoms with Crippen LogP contribution in [0.2, 0.25) is 0 Å². The highest BCUT2D eigenvalue weighted by Gasteiger charge is 2.40. The summed E-state index contributed by atoms with van der Waals surface area (Å²) in [6.45, 7) is 0.507. The standard InChI is InChI=1S/C19H25N3O2/c1-22-16(10-13-21-22)14-20-18(23)19(11-4-3-5-12-19)15-6-8-17(24-2)9-7-15/h6-10,13H,3-5,11-12,14H2,1-2H3,(H,20,23). The molecule has 0 spiro atoms. The smallest absolute Gasteiger partial charge is 0.230 e. The Labute approximate surface area is 143 Å². The van der Waals surface area contributed by atoms with Gasteiger partial charge in [0.25, 0.3) is 0 Å². The topological polar surface area (TPSA) is 56.1 Å². The zero-order valence-corrected chi connectivity index (χ0v) is 14.4. The number of hydrogen-bond donors (Lipinski definition) is 1. The molecule has 3 rings (SSSR count). The lowest BCUT2D eigenvalue weighted by atomic mass is 9.68. The summed E-state index contributed by atoms with van der Waals surface area (Å²) in [7, 11) is 3.55. The van der Waals surface area contributed by atoms with E-state index in [1.165, 1.54) is 6.42 Å². The van der Waals surface area contributed by atoms with Crippen LogP contribution in [0.1, 0.15) is 43.4 Å². The monoisotopic (exact) mass is 327 g/mol. The van der Waals surface area contributed by atoms with E-state index in [2.05, 4.69) is 10.4 Å². The maximum absolute atomic E-state index is 13.1. The Morgan fingerprint density at radius 1 is 1.21 bits per heavy atom. The summed E-state index contributed by atoms with van der Waals surface area (Å²) in [5.41, 5.74) is 1.66. The molecule has 2 aromatic rings. The van der Waals surface area contributed by atoms with Crippen LogP contribution in [0, 0.1) is 0 Å². The van der Waals surface area contributed by atoms with Crippen LogP contribution >= 0.6 is 0 Å². The Hall–Kier alpha value is -2.30. The number of carbonyl (C=O) groups is 1. The molecule has 24 heavy (non-hydrogen) atoms. The summed E-state index contributed by atoms with van der Waals surface area (Å²) in [5, 5.41) is 7.29. The fourth-order valence-electron chi connectivity index (χ4n) is 3.63. The number of aromatic nitrogens is 2. The Bertz CT molecular complexity index is 685. The quantitative estimate of drug-likeness (QED) is 0.918. The van der Waals surface area contributed by atoms with Crippen molar-refractivity contribution < 1.29 is 9.53 Å². The minimum Gasteiger partial charge on any atom is -0.497 e. The lowest BCUT2D eigenvalue weighted by molar-refractivity contribution is -0.128. The third-order valence-electron chi connectivity index (χ3n) is 5.14. The molecule has 1 saturated carbocycles. The minimum absolute atomic E-state index is 0.119. The first kappa shape index (κ1) is 16.6. The fourth-order valence-corrected chi connectivity index (χ4v) is 3.63. The molecular formula is C19H25N3O2. The SMILES string of the molecule is COc1ccc(C2(C(=O)NCc3ccnn3C)CCCCC2)cc1. The molecule has 128 valence electrons. The number of methoxy groups -OCH3 is 1. The molecular weight excluding hydrogens is 302 g/mol. The van der Waals surface area contributed by atoms with Gasteiger partial charge in [0.15, 0.2) is 0 Å². The predicted octanol–water partition coefficient (Wildman–Crippen LogP) is 2.95. The molecule has 0 aliphatic heterocycles. The van der Waals surface area contributed by atoms with E-state index in [1.807, 2.05) is 37.4 Å². The molecule has 5 nitrogen and oxygen atoms in total. The van der Waals surface area contributed by atoms with E-state index in [4.69, 9.17) is 4.74 Å². The third kappa shape index (κ3) is 3.16. The van der Waals surface area contributed by atoms with Crippen molar-refractivity contribution in [3.63, 3.8) is 0 Å². The van der Waals surface area contributed by atoms with Crippen molar-refractivity contribution >= 4 is 5.91 Å². The highest BCUT2D eigenvalue weighted by molar-refractivity contribution is 5.88. The van der Waals surface area contributed by atoms with E-state index in [0.717, 1.165) is 42.7 Å². The predicted molar refractivity (Wildman–Crippen MR) is 92.8 cm³/mol. The molecule has 1 aromatic carbocycles. The van der Waals surface area contributed by atoms with Gasteiger partial charge in [-0.15, -0.1) is 0 Å². The molecule has 0 saturated heterocycles. The van der Waals surface area contributed by atoms with E-state index in [9.17, 15) is 4.79 Å². The zero-order valence-electron chi connectivity index (χ0n) is 14.4. The van der Waals surface area contributed by atoms with Gasteiger partial charge in [0, 0.05) is 13.2 Å². The number of aryl methyl sites for hydroxylation is 1. The summed E-state index contributed by atoms with van der Waals surface area (Å²) in [6.07, 6.45) is 6.93. The number of carbonyl (C=O) groups excluding carboxylic acids is 1. The van der Waals surface area contributed by atoms with E-state index < -0.39 is 5.41 Å². The second-order valence-corrected chi connectivity index (χ2v) is 6.50. The lowest BCUT2D eigenvalue weighted by Gasteiger charge is -2.36. The molecule has 0 bridgehead atoms. The molecule has 0 unspecified atom stereocenters. The van der Waals surface area contributed by atoms with E-state index in [0.29, 0.717) is 6.54 Å². The minimum atomic E-state index is -0.427. The molecule has 1 aliphatic carbocycles. The van der Waals surface area contributed by atoms with Crippen LogP contribution in [0.15, 0.2) is 36.5 Å². The lowest BCUT2D eigenvalue weighted by Crippen LogP contribution is -2.45. The number of amides is 1. The van der Waals surface area contributed by atoms with Gasteiger partial charge in [-0.05, 0) is 36.6 Å². The fraction of sp³-hybridized carbons (Fsp3) is 0.474. The molecule has 1 aliphatic rings. The van der Waals surface area contributed by atoms with Crippen molar-refractivity contribution in [2.75, 3.05) is 7.11 Å². The van der Waals surface area contributed by atoms with Crippen LogP contribution in [0.4, 0.5) is 0 Å². The second kappa shape index (κ2) is 7.07. The molecule has 1 aromatic heterocycles. The van der Waals surface area contributed by atoms with Crippen molar-refractivity contribution in [3.8, 4) is 5.75 Å². The Balaban J connectivity index is 1.81. The molecule has 1 fully saturated rings. The van der Waals surface area contributed by atoms with E-state index in [-0.39, 0.29) is 5.91 Å². The second-order valence-electron chi connectivity index (χ2n) is 6.50. The van der Waals surface area contributed by atoms with Gasteiger partial charge in [-0.1, -0.05) is 31.4 Å². The summed E-state index contributed by atoms with van der Waals surface area (Å²) in [6, 6.07) is 9.89. The Morgan fingerprint density at radius 2 is 1.92 bits per heavy atom. The highest BCUT2D eigenvalue weighted by Crippen LogP contribution is 2.40. The molecule has 0 radical (unpaired) electrons. The number of nitrogens with zero attached hydrogens (tertiary/aromatic N) is 2. The Morgan fingerprint density at radius 3 is 2.50 bits per heavy atom. The van der Waals surface area contributed by atoms with Gasteiger partial charge in [-0.2, -0.15) is 5.10 Å². The molecule has 0 atom stereocenters. The van der Waals surface area contributed by atoms with Gasteiger partial charge < -0.3 is 10.1 Å². The third-order valence-corrected chi connectivity index (χ3v) is 5.14. The van der Waals surface area contributed by atoms with Crippen LogP contribution < -0.4 is 10.1 Å². The maximum atomic E-state index is 13.1. The highest BCUT2D eigenvalue weighted by atomic mass is 16.5. The van der Waals surface area contributed by atoms with E-state index in [1.54, 1.807) is 18.0 Å². The van der Waals surface area contributed by atoms with Crippen molar-refractivity contribution in [1.82, 2.24) is 15.1 Å². The van der Waals surface area contributed by atoms with Crippen molar-refractivity contribution in [3.05, 3.63) is 47.8 Å². The van der Waals surface area contributed by atoms with Gasteiger partial charge in [0.2, 0.25) is 5.91 Å². The summed E-state index contributed by atoms with van der Waals surface area (Å²) >= 11 is 0. The van der Waals surface area contributed by atoms with Gasteiger partial charge in [0.1, 0.15) is 5.75 Å². The first-order valence-electron chi connectivity index (χ1n) is 8.55. The number of hydrogen-bond acceptors (Lipinski definition) is 3. The van der Waals surface area contributed by atoms with Gasteiger partial charge >= 0.3 is 0 Å². The summed E-state index contributed by atoms with van der Waals surface area (Å²) in [4.78, 5) is 13.1. The van der Waals surface area contributed by atoms with Crippen LogP contribution in [-0.4, -0.2) is 22.8 Å². The molecule has 1 N–H and O–H groups in total. The maximum Gasteiger partial charge on any atom is 0.230 e. The van der Waals surface area contributed by atoms with Crippen LogP contribution in [0.5, 0.6) is 5.75 Å². The van der Waals surface area contributed by atoms with Crippen molar-refractivity contribution in [2.45, 2.75) is 44.1 Å². The van der Waals surface area contributed by atoms with Crippen LogP contribution in [0.25, 0.3) is 0 Å². The molecule has 1 heterocycles. The summed E-state index contributed by atoms with van der Waals surface area (Å²) in [5.74, 6) is 0.938. The number of nitrogens with one attached hydrogen (secondary N) is 1. The van der Waals surface area contributed by atoms with Gasteiger partial charge in [0.05, 0.1) is 24.8 Å².